The fraction of sp³-hybridized carbons (Fsp3) is 0.333. The smallest absolute Gasteiger partial charge is 0.0470 e. The molecule has 1 aromatic carbocycles. The van der Waals surface area contributed by atoms with Crippen molar-refractivity contribution in [2.24, 2.45) is 0 Å². The minimum Gasteiger partial charge on any atom is -0.103 e. The third-order valence-electron chi connectivity index (χ3n) is 2.65. The van der Waals surface area contributed by atoms with Crippen molar-refractivity contribution < 1.29 is 0 Å². The topological polar surface area (TPSA) is 0 Å². The number of hydrogen-bond donors (Lipinski definition) is 0. The molecule has 0 spiro atoms. The summed E-state index contributed by atoms with van der Waals surface area (Å²) in [5.74, 6) is 0. The fourth-order valence-corrected chi connectivity index (χ4v) is 2.04. The van der Waals surface area contributed by atoms with Crippen LogP contribution in [0.5, 0.6) is 0 Å². The number of halogens is 1. The fourth-order valence-electron chi connectivity index (χ4n) is 1.69. The zero-order valence-corrected chi connectivity index (χ0v) is 10.6. The molecule has 0 aliphatic carbocycles. The lowest BCUT2D eigenvalue weighted by molar-refractivity contribution is 0.808. The maximum atomic E-state index is 6.41. The van der Waals surface area contributed by atoms with Crippen molar-refractivity contribution in [2.45, 2.75) is 32.6 Å². The molecule has 0 atom stereocenters. The minimum absolute atomic E-state index is 0.923. The quantitative estimate of drug-likeness (QED) is 0.457. The van der Waals surface area contributed by atoms with Crippen molar-refractivity contribution in [3.63, 3.8) is 0 Å². The van der Waals surface area contributed by atoms with Gasteiger partial charge in [0, 0.05) is 5.03 Å². The van der Waals surface area contributed by atoms with Crippen LogP contribution >= 0.6 is 11.6 Å². The average Bonchev–Trinajstić information content (AvgIpc) is 2.35. The van der Waals surface area contributed by atoms with E-state index < -0.39 is 0 Å². The molecule has 0 aliphatic rings. The van der Waals surface area contributed by atoms with Crippen LogP contribution in [0.25, 0.3) is 5.03 Å². The van der Waals surface area contributed by atoms with E-state index >= 15 is 0 Å². The number of hydrogen-bond acceptors (Lipinski definition) is 0. The van der Waals surface area contributed by atoms with Crippen LogP contribution in [-0.2, 0) is 0 Å². The van der Waals surface area contributed by atoms with Gasteiger partial charge in [-0.1, -0.05) is 60.5 Å². The molecular formula is C15H19Cl. The molecule has 1 rings (SSSR count). The summed E-state index contributed by atoms with van der Waals surface area (Å²) in [7, 11) is 0. The Morgan fingerprint density at radius 2 is 2.00 bits per heavy atom. The van der Waals surface area contributed by atoms with Crippen LogP contribution in [0.3, 0.4) is 0 Å². The lowest BCUT2D eigenvalue weighted by Crippen LogP contribution is -1.87. The molecule has 0 fully saturated rings. The van der Waals surface area contributed by atoms with Crippen LogP contribution in [0.4, 0.5) is 0 Å². The van der Waals surface area contributed by atoms with E-state index in [-0.39, 0.29) is 0 Å². The van der Waals surface area contributed by atoms with Crippen molar-refractivity contribution in [1.29, 1.82) is 0 Å². The Hall–Kier alpha value is -1.01. The van der Waals surface area contributed by atoms with Crippen molar-refractivity contribution in [3.8, 4) is 0 Å². The van der Waals surface area contributed by atoms with Crippen LogP contribution in [0.2, 0.25) is 0 Å². The number of unbranched alkanes of at least 4 members (excludes halogenated alkanes) is 1. The Bertz CT molecular complexity index is 349. The van der Waals surface area contributed by atoms with Crippen molar-refractivity contribution in [1.82, 2.24) is 0 Å². The summed E-state index contributed by atoms with van der Waals surface area (Å²) in [5, 5.41) is 0.923. The second-order valence-electron chi connectivity index (χ2n) is 3.82. The highest BCUT2D eigenvalue weighted by Gasteiger charge is 2.04. The predicted octanol–water partition coefficient (Wildman–Crippen LogP) is 5.40. The SMILES string of the molecule is C=CCCC/C(CC)=C(/Cl)c1ccccc1. The monoisotopic (exact) mass is 234 g/mol. The summed E-state index contributed by atoms with van der Waals surface area (Å²) in [6.45, 7) is 5.90. The highest BCUT2D eigenvalue weighted by molar-refractivity contribution is 6.49. The molecule has 0 nitrogen and oxygen atoms in total. The lowest BCUT2D eigenvalue weighted by Gasteiger charge is -2.08. The standard InChI is InChI=1S/C15H19Cl/c1-3-5-7-10-13(4-2)15(16)14-11-8-6-9-12-14/h3,6,8-9,11-12H,1,4-5,7,10H2,2H3/b15-13+. The van der Waals surface area contributed by atoms with Crippen molar-refractivity contribution in [2.75, 3.05) is 0 Å². The van der Waals surface area contributed by atoms with Gasteiger partial charge in [0.1, 0.15) is 0 Å². The Balaban J connectivity index is 2.78. The summed E-state index contributed by atoms with van der Waals surface area (Å²) >= 11 is 6.41. The number of rotatable bonds is 6. The first-order valence-electron chi connectivity index (χ1n) is 5.83. The van der Waals surface area contributed by atoms with E-state index in [1.807, 2.05) is 24.3 Å². The summed E-state index contributed by atoms with van der Waals surface area (Å²) < 4.78 is 0. The molecule has 1 aromatic rings. The van der Waals surface area contributed by atoms with Gasteiger partial charge >= 0.3 is 0 Å². The summed E-state index contributed by atoms with van der Waals surface area (Å²) in [6.07, 6.45) is 6.24. The minimum atomic E-state index is 0.923. The molecule has 0 radical (unpaired) electrons. The van der Waals surface area contributed by atoms with E-state index in [0.29, 0.717) is 0 Å². The molecule has 0 saturated heterocycles. The van der Waals surface area contributed by atoms with E-state index in [1.54, 1.807) is 0 Å². The van der Waals surface area contributed by atoms with E-state index in [0.717, 1.165) is 36.3 Å². The maximum Gasteiger partial charge on any atom is 0.0470 e. The normalized spacial score (nSPS) is 12.1. The first-order chi connectivity index (χ1) is 7.79. The molecular weight excluding hydrogens is 216 g/mol. The molecule has 0 saturated carbocycles. The van der Waals surface area contributed by atoms with Gasteiger partial charge in [-0.25, -0.2) is 0 Å². The molecule has 0 aliphatic heterocycles. The van der Waals surface area contributed by atoms with Gasteiger partial charge < -0.3 is 0 Å². The largest absolute Gasteiger partial charge is 0.103 e. The van der Waals surface area contributed by atoms with E-state index in [4.69, 9.17) is 11.6 Å². The Morgan fingerprint density at radius 3 is 2.56 bits per heavy atom. The van der Waals surface area contributed by atoms with Gasteiger partial charge in [0.25, 0.3) is 0 Å². The molecule has 0 aromatic heterocycles. The number of allylic oxidation sites excluding steroid dienone is 2. The van der Waals surface area contributed by atoms with Crippen LogP contribution in [0.15, 0.2) is 48.6 Å². The summed E-state index contributed by atoms with van der Waals surface area (Å²) in [4.78, 5) is 0. The molecule has 1 heteroatoms. The Kier molecular flexibility index (Phi) is 5.95. The van der Waals surface area contributed by atoms with Gasteiger partial charge in [-0.2, -0.15) is 0 Å². The van der Waals surface area contributed by atoms with E-state index in [1.165, 1.54) is 5.57 Å². The second-order valence-corrected chi connectivity index (χ2v) is 4.20. The average molecular weight is 235 g/mol. The first-order valence-corrected chi connectivity index (χ1v) is 6.21. The highest BCUT2D eigenvalue weighted by Crippen LogP contribution is 2.27. The number of benzene rings is 1. The first kappa shape index (κ1) is 13.1. The lowest BCUT2D eigenvalue weighted by atomic mass is 10.0. The summed E-state index contributed by atoms with van der Waals surface area (Å²) in [6, 6.07) is 10.2. The van der Waals surface area contributed by atoms with E-state index in [2.05, 4.69) is 25.6 Å². The highest BCUT2D eigenvalue weighted by atomic mass is 35.5. The third-order valence-corrected chi connectivity index (χ3v) is 3.14. The molecule has 0 unspecified atom stereocenters. The van der Waals surface area contributed by atoms with Gasteiger partial charge in [0.05, 0.1) is 0 Å². The molecule has 0 N–H and O–H groups in total. The van der Waals surface area contributed by atoms with Gasteiger partial charge in [-0.05, 0) is 31.2 Å². The molecule has 0 heterocycles. The van der Waals surface area contributed by atoms with Crippen LogP contribution in [-0.4, -0.2) is 0 Å². The van der Waals surface area contributed by atoms with Gasteiger partial charge in [0.15, 0.2) is 0 Å². The Morgan fingerprint density at radius 1 is 1.31 bits per heavy atom. The maximum absolute atomic E-state index is 6.41. The predicted molar refractivity (Wildman–Crippen MR) is 73.6 cm³/mol. The van der Waals surface area contributed by atoms with E-state index in [9.17, 15) is 0 Å². The summed E-state index contributed by atoms with van der Waals surface area (Å²) in [5.41, 5.74) is 2.47. The van der Waals surface area contributed by atoms with Crippen molar-refractivity contribution >= 4 is 16.6 Å². The Labute approximate surface area is 104 Å². The van der Waals surface area contributed by atoms with Crippen LogP contribution < -0.4 is 0 Å². The molecule has 0 bridgehead atoms. The zero-order chi connectivity index (χ0) is 11.8. The third kappa shape index (κ3) is 3.86. The zero-order valence-electron chi connectivity index (χ0n) is 9.88. The van der Waals surface area contributed by atoms with Gasteiger partial charge in [0.2, 0.25) is 0 Å². The second kappa shape index (κ2) is 7.29. The molecule has 0 amide bonds. The van der Waals surface area contributed by atoms with Crippen molar-refractivity contribution in [3.05, 3.63) is 54.1 Å². The van der Waals surface area contributed by atoms with Crippen LogP contribution in [0, 0.1) is 0 Å². The van der Waals surface area contributed by atoms with Gasteiger partial charge in [-0.3, -0.25) is 0 Å². The van der Waals surface area contributed by atoms with Gasteiger partial charge in [-0.15, -0.1) is 6.58 Å². The van der Waals surface area contributed by atoms with Crippen LogP contribution in [0.1, 0.15) is 38.2 Å². The molecule has 86 valence electrons. The molecule has 16 heavy (non-hydrogen) atoms.